The van der Waals surface area contributed by atoms with Crippen LogP contribution in [-0.2, 0) is 22.8 Å². The van der Waals surface area contributed by atoms with E-state index >= 15 is 0 Å². The summed E-state index contributed by atoms with van der Waals surface area (Å²) in [5.74, 6) is -0.733. The molecule has 0 fully saturated rings. The monoisotopic (exact) mass is 531 g/mol. The molecular formula is C21H22BrN7O3S. The number of aromatic nitrogens is 3. The molecule has 12 heteroatoms. The van der Waals surface area contributed by atoms with E-state index in [1.807, 2.05) is 12.1 Å². The molecule has 172 valence electrons. The van der Waals surface area contributed by atoms with Gasteiger partial charge in [0.15, 0.2) is 21.3 Å². The van der Waals surface area contributed by atoms with Crippen molar-refractivity contribution in [2.75, 3.05) is 30.5 Å². The van der Waals surface area contributed by atoms with E-state index in [-0.39, 0.29) is 28.0 Å². The number of likely N-dealkylation sites (N-methyl/N-ethyl adjacent to an activating group) is 1. The molecule has 1 aromatic heterocycles. The van der Waals surface area contributed by atoms with Crippen LogP contribution in [0.15, 0.2) is 45.8 Å². The normalized spacial score (nSPS) is 13.9. The number of nitrogens with zero attached hydrogens (tertiary/aromatic N) is 4. The standard InChI is InChI=1S/C21H22BrN7O3S/c1-29-8-7-14-12(11-29)9-13(10-15(14)22)24-21-26-20(18(19(23)30)27-28-21)25-16-5-3-4-6-17(16)33(2,31)32/h3-6,9-10H,7-8,11H2,1-2H3,(H2,23,30)(H2,24,25,26,28). The van der Waals surface area contributed by atoms with Crippen molar-refractivity contribution < 1.29 is 13.2 Å². The van der Waals surface area contributed by atoms with E-state index in [1.54, 1.807) is 18.2 Å². The number of amides is 1. The number of carbonyl (C=O) groups excluding carboxylic acids is 1. The number of nitrogens with one attached hydrogen (secondary N) is 2. The van der Waals surface area contributed by atoms with Gasteiger partial charge >= 0.3 is 0 Å². The van der Waals surface area contributed by atoms with E-state index in [0.29, 0.717) is 0 Å². The van der Waals surface area contributed by atoms with Crippen LogP contribution in [0.4, 0.5) is 23.1 Å². The number of halogens is 1. The SMILES string of the molecule is CN1CCc2c(Br)cc(Nc3nnc(C(N)=O)c(Nc4ccccc4S(C)(=O)=O)n3)cc2C1. The zero-order valence-corrected chi connectivity index (χ0v) is 20.4. The second-order valence-corrected chi connectivity index (χ2v) is 10.6. The van der Waals surface area contributed by atoms with E-state index in [4.69, 9.17) is 5.73 Å². The first-order chi connectivity index (χ1) is 15.6. The highest BCUT2D eigenvalue weighted by atomic mass is 79.9. The predicted molar refractivity (Wildman–Crippen MR) is 129 cm³/mol. The molecule has 0 spiro atoms. The maximum absolute atomic E-state index is 12.1. The Kier molecular flexibility index (Phi) is 6.32. The highest BCUT2D eigenvalue weighted by Crippen LogP contribution is 2.31. The Bertz CT molecular complexity index is 1350. The summed E-state index contributed by atoms with van der Waals surface area (Å²) in [6, 6.07) is 10.2. The van der Waals surface area contributed by atoms with Crippen molar-refractivity contribution >= 4 is 54.8 Å². The first-order valence-electron chi connectivity index (χ1n) is 9.99. The minimum atomic E-state index is -3.53. The smallest absolute Gasteiger partial charge is 0.273 e. The van der Waals surface area contributed by atoms with Crippen LogP contribution >= 0.6 is 15.9 Å². The van der Waals surface area contributed by atoms with E-state index in [1.165, 1.54) is 17.2 Å². The van der Waals surface area contributed by atoms with Crippen LogP contribution in [0.25, 0.3) is 0 Å². The lowest BCUT2D eigenvalue weighted by atomic mass is 9.99. The Morgan fingerprint density at radius 3 is 2.67 bits per heavy atom. The molecule has 0 saturated carbocycles. The predicted octanol–water partition coefficient (Wildman–Crippen LogP) is 2.61. The number of anilines is 4. The average molecular weight is 532 g/mol. The minimum Gasteiger partial charge on any atom is -0.364 e. The van der Waals surface area contributed by atoms with Crippen molar-refractivity contribution in [3.05, 3.63) is 57.7 Å². The molecule has 1 amide bonds. The van der Waals surface area contributed by atoms with E-state index in [2.05, 4.69) is 53.7 Å². The lowest BCUT2D eigenvalue weighted by Gasteiger charge is -2.26. The maximum atomic E-state index is 12.1. The molecule has 4 rings (SSSR count). The lowest BCUT2D eigenvalue weighted by molar-refractivity contribution is 0.0995. The first kappa shape index (κ1) is 23.1. The summed E-state index contributed by atoms with van der Waals surface area (Å²) in [6.07, 6.45) is 2.05. The lowest BCUT2D eigenvalue weighted by Crippen LogP contribution is -2.26. The van der Waals surface area contributed by atoms with Crippen LogP contribution in [0.5, 0.6) is 0 Å². The average Bonchev–Trinajstić information content (AvgIpc) is 2.73. The molecule has 4 N–H and O–H groups in total. The zero-order chi connectivity index (χ0) is 23.8. The first-order valence-corrected chi connectivity index (χ1v) is 12.7. The van der Waals surface area contributed by atoms with Gasteiger partial charge < -0.3 is 21.3 Å². The second-order valence-electron chi connectivity index (χ2n) is 7.80. The topological polar surface area (TPSA) is 143 Å². The fourth-order valence-corrected chi connectivity index (χ4v) is 5.18. The molecule has 2 heterocycles. The van der Waals surface area contributed by atoms with Crippen molar-refractivity contribution in [2.24, 2.45) is 5.73 Å². The van der Waals surface area contributed by atoms with Gasteiger partial charge in [0.1, 0.15) is 0 Å². The van der Waals surface area contributed by atoms with Gasteiger partial charge in [0, 0.05) is 29.5 Å². The van der Waals surface area contributed by atoms with Crippen LogP contribution in [0.1, 0.15) is 21.6 Å². The number of fused-ring (bicyclic) bond motifs is 1. The van der Waals surface area contributed by atoms with Gasteiger partial charge in [-0.15, -0.1) is 10.2 Å². The van der Waals surface area contributed by atoms with E-state index in [9.17, 15) is 13.2 Å². The molecule has 3 aromatic rings. The number of carbonyl (C=O) groups is 1. The molecule has 1 aliphatic heterocycles. The molecule has 0 radical (unpaired) electrons. The van der Waals surface area contributed by atoms with Crippen molar-refractivity contribution in [3.8, 4) is 0 Å². The molecule has 0 bridgehead atoms. The highest BCUT2D eigenvalue weighted by Gasteiger charge is 2.20. The largest absolute Gasteiger partial charge is 0.364 e. The summed E-state index contributed by atoms with van der Waals surface area (Å²) in [6.45, 7) is 1.81. The molecule has 33 heavy (non-hydrogen) atoms. The van der Waals surface area contributed by atoms with E-state index < -0.39 is 15.7 Å². The Balaban J connectivity index is 1.69. The molecule has 0 atom stereocenters. The molecular weight excluding hydrogens is 510 g/mol. The summed E-state index contributed by atoms with van der Waals surface area (Å²) in [7, 11) is -1.46. The number of nitrogens with two attached hydrogens (primary N) is 1. The highest BCUT2D eigenvalue weighted by molar-refractivity contribution is 9.10. The van der Waals surface area contributed by atoms with Crippen molar-refractivity contribution in [2.45, 2.75) is 17.9 Å². The minimum absolute atomic E-state index is 0.00661. The summed E-state index contributed by atoms with van der Waals surface area (Å²) < 4.78 is 25.3. The molecule has 0 saturated heterocycles. The second kappa shape index (κ2) is 9.04. The van der Waals surface area contributed by atoms with Crippen molar-refractivity contribution in [1.82, 2.24) is 20.1 Å². The Labute approximate surface area is 199 Å². The quantitative estimate of drug-likeness (QED) is 0.437. The van der Waals surface area contributed by atoms with Gasteiger partial charge in [-0.05, 0) is 48.9 Å². The van der Waals surface area contributed by atoms with Gasteiger partial charge in [-0.2, -0.15) is 4.98 Å². The van der Waals surface area contributed by atoms with Crippen LogP contribution in [0.3, 0.4) is 0 Å². The maximum Gasteiger partial charge on any atom is 0.273 e. The number of para-hydroxylation sites is 1. The Morgan fingerprint density at radius 2 is 1.94 bits per heavy atom. The van der Waals surface area contributed by atoms with Crippen molar-refractivity contribution in [1.29, 1.82) is 0 Å². The van der Waals surface area contributed by atoms with Crippen molar-refractivity contribution in [3.63, 3.8) is 0 Å². The van der Waals surface area contributed by atoms with Crippen LogP contribution < -0.4 is 16.4 Å². The van der Waals surface area contributed by atoms with Gasteiger partial charge in [-0.3, -0.25) is 4.79 Å². The molecule has 1 aliphatic rings. The third-order valence-electron chi connectivity index (χ3n) is 5.19. The summed E-state index contributed by atoms with van der Waals surface area (Å²) in [5, 5.41) is 13.8. The number of sulfone groups is 1. The summed E-state index contributed by atoms with van der Waals surface area (Å²) in [4.78, 5) is 18.5. The third kappa shape index (κ3) is 5.13. The number of benzene rings is 2. The number of rotatable bonds is 6. The van der Waals surface area contributed by atoms with Gasteiger partial charge in [-0.25, -0.2) is 8.42 Å². The number of hydrogen-bond donors (Lipinski definition) is 3. The van der Waals surface area contributed by atoms with Crippen LogP contribution in [0, 0.1) is 0 Å². The van der Waals surface area contributed by atoms with Gasteiger partial charge in [-0.1, -0.05) is 28.1 Å². The molecule has 0 unspecified atom stereocenters. The number of primary amides is 1. The van der Waals surface area contributed by atoms with Gasteiger partial charge in [0.2, 0.25) is 5.95 Å². The van der Waals surface area contributed by atoms with Gasteiger partial charge in [0.25, 0.3) is 5.91 Å². The molecule has 10 nitrogen and oxygen atoms in total. The third-order valence-corrected chi connectivity index (χ3v) is 7.05. The fourth-order valence-electron chi connectivity index (χ4n) is 3.64. The van der Waals surface area contributed by atoms with Crippen LogP contribution in [0.2, 0.25) is 0 Å². The molecule has 0 aliphatic carbocycles. The van der Waals surface area contributed by atoms with E-state index in [0.717, 1.165) is 35.9 Å². The molecule has 2 aromatic carbocycles. The number of hydrogen-bond acceptors (Lipinski definition) is 9. The summed E-state index contributed by atoms with van der Waals surface area (Å²) >= 11 is 3.64. The zero-order valence-electron chi connectivity index (χ0n) is 18.0. The Hall–Kier alpha value is -3.09. The fraction of sp³-hybridized carbons (Fsp3) is 0.238. The summed E-state index contributed by atoms with van der Waals surface area (Å²) in [5.41, 5.74) is 8.66. The Morgan fingerprint density at radius 1 is 1.18 bits per heavy atom. The van der Waals surface area contributed by atoms with Gasteiger partial charge in [0.05, 0.1) is 10.6 Å². The van der Waals surface area contributed by atoms with Crippen LogP contribution in [-0.4, -0.2) is 54.3 Å².